The summed E-state index contributed by atoms with van der Waals surface area (Å²) < 4.78 is 12.7. The van der Waals surface area contributed by atoms with Crippen molar-refractivity contribution >= 4 is 0 Å². The summed E-state index contributed by atoms with van der Waals surface area (Å²) in [6.45, 7) is 2.28. The van der Waals surface area contributed by atoms with E-state index in [0.717, 1.165) is 18.3 Å². The van der Waals surface area contributed by atoms with Crippen LogP contribution in [0.5, 0.6) is 0 Å². The molecule has 1 saturated carbocycles. The van der Waals surface area contributed by atoms with E-state index in [1.54, 1.807) is 6.20 Å². The van der Waals surface area contributed by atoms with Gasteiger partial charge in [-0.05, 0) is 36.3 Å². The Balaban J connectivity index is 1.63. The lowest BCUT2D eigenvalue weighted by Gasteiger charge is -2.28. The Labute approximate surface area is 123 Å². The van der Waals surface area contributed by atoms with Crippen LogP contribution in [-0.2, 0) is 6.42 Å². The minimum atomic E-state index is -0.374. The molecule has 0 amide bonds. The Morgan fingerprint density at radius 1 is 1.05 bits per heavy atom. The van der Waals surface area contributed by atoms with Crippen molar-refractivity contribution < 1.29 is 4.39 Å². The first-order valence-electron chi connectivity index (χ1n) is 8.38. The molecule has 1 aromatic rings. The summed E-state index contributed by atoms with van der Waals surface area (Å²) in [5.41, 5.74) is 1.18. The molecule has 0 bridgehead atoms. The third kappa shape index (κ3) is 5.22. The van der Waals surface area contributed by atoms with Crippen molar-refractivity contribution in [2.75, 3.05) is 0 Å². The molecule has 1 nitrogen and oxygen atoms in total. The molecule has 0 radical (unpaired) electrons. The van der Waals surface area contributed by atoms with E-state index in [2.05, 4.69) is 11.9 Å². The monoisotopic (exact) mass is 277 g/mol. The van der Waals surface area contributed by atoms with Crippen molar-refractivity contribution in [3.8, 4) is 0 Å². The van der Waals surface area contributed by atoms with Gasteiger partial charge < -0.3 is 0 Å². The third-order valence-corrected chi connectivity index (χ3v) is 4.81. The SMILES string of the molecule is CCCCC[C@H]1CC[C@H](CCc2ccc(F)nc2)CC1. The van der Waals surface area contributed by atoms with E-state index >= 15 is 0 Å². The van der Waals surface area contributed by atoms with E-state index in [9.17, 15) is 4.39 Å². The zero-order valence-electron chi connectivity index (χ0n) is 12.8. The summed E-state index contributed by atoms with van der Waals surface area (Å²) in [4.78, 5) is 3.73. The van der Waals surface area contributed by atoms with Gasteiger partial charge in [-0.25, -0.2) is 4.98 Å². The van der Waals surface area contributed by atoms with Crippen LogP contribution in [0.4, 0.5) is 4.39 Å². The quantitative estimate of drug-likeness (QED) is 0.471. The molecule has 0 unspecified atom stereocenters. The average molecular weight is 277 g/mol. The van der Waals surface area contributed by atoms with Crippen LogP contribution in [0.3, 0.4) is 0 Å². The normalized spacial score (nSPS) is 22.9. The number of pyridine rings is 1. The number of hydrogen-bond donors (Lipinski definition) is 0. The number of nitrogens with zero attached hydrogens (tertiary/aromatic N) is 1. The smallest absolute Gasteiger partial charge is 0.212 e. The van der Waals surface area contributed by atoms with Crippen LogP contribution >= 0.6 is 0 Å². The first kappa shape index (κ1) is 15.5. The highest BCUT2D eigenvalue weighted by molar-refractivity contribution is 5.09. The summed E-state index contributed by atoms with van der Waals surface area (Å²) in [6.07, 6.45) is 15.2. The van der Waals surface area contributed by atoms with Gasteiger partial charge in [0.2, 0.25) is 5.95 Å². The van der Waals surface area contributed by atoms with Crippen LogP contribution < -0.4 is 0 Å². The summed E-state index contributed by atoms with van der Waals surface area (Å²) >= 11 is 0. The molecule has 20 heavy (non-hydrogen) atoms. The predicted octanol–water partition coefficient (Wildman–Crippen LogP) is 5.54. The molecule has 0 saturated heterocycles. The predicted molar refractivity (Wildman–Crippen MR) is 82.1 cm³/mol. The lowest BCUT2D eigenvalue weighted by atomic mass is 9.78. The van der Waals surface area contributed by atoms with Crippen molar-refractivity contribution in [3.05, 3.63) is 29.8 Å². The Bertz CT molecular complexity index is 366. The fourth-order valence-electron chi connectivity index (χ4n) is 3.42. The van der Waals surface area contributed by atoms with Gasteiger partial charge in [0, 0.05) is 6.20 Å². The van der Waals surface area contributed by atoms with Gasteiger partial charge >= 0.3 is 0 Å². The maximum absolute atomic E-state index is 12.7. The van der Waals surface area contributed by atoms with Gasteiger partial charge in [-0.3, -0.25) is 0 Å². The van der Waals surface area contributed by atoms with E-state index in [1.165, 1.54) is 69.4 Å². The second-order valence-electron chi connectivity index (χ2n) is 6.41. The Kier molecular flexibility index (Phi) is 6.49. The van der Waals surface area contributed by atoms with Crippen molar-refractivity contribution in [2.24, 2.45) is 11.8 Å². The zero-order valence-corrected chi connectivity index (χ0v) is 12.8. The molecule has 0 aliphatic heterocycles. The highest BCUT2D eigenvalue weighted by atomic mass is 19.1. The van der Waals surface area contributed by atoms with Crippen molar-refractivity contribution in [1.82, 2.24) is 4.98 Å². The molecule has 2 rings (SSSR count). The Hall–Kier alpha value is -0.920. The van der Waals surface area contributed by atoms with Crippen LogP contribution in [0.25, 0.3) is 0 Å². The standard InChI is InChI=1S/C18H28FN/c1-2-3-4-5-15-6-8-16(9-7-15)10-11-17-12-13-18(19)20-14-17/h12-16H,2-11H2,1H3/t15-,16-. The first-order chi connectivity index (χ1) is 9.78. The molecule has 0 spiro atoms. The molecule has 0 atom stereocenters. The molecular weight excluding hydrogens is 249 g/mol. The zero-order chi connectivity index (χ0) is 14.2. The second-order valence-corrected chi connectivity index (χ2v) is 6.41. The number of aryl methyl sites for hydroxylation is 1. The fourth-order valence-corrected chi connectivity index (χ4v) is 3.42. The lowest BCUT2D eigenvalue weighted by Crippen LogP contribution is -2.15. The summed E-state index contributed by atoms with van der Waals surface area (Å²) in [5.74, 6) is 1.49. The number of aromatic nitrogens is 1. The molecule has 1 heterocycles. The van der Waals surface area contributed by atoms with Crippen molar-refractivity contribution in [3.63, 3.8) is 0 Å². The largest absolute Gasteiger partial charge is 0.228 e. The highest BCUT2D eigenvalue weighted by Gasteiger charge is 2.20. The van der Waals surface area contributed by atoms with Gasteiger partial charge in [0.15, 0.2) is 0 Å². The van der Waals surface area contributed by atoms with E-state index < -0.39 is 0 Å². The maximum atomic E-state index is 12.7. The van der Waals surface area contributed by atoms with Gasteiger partial charge in [-0.15, -0.1) is 0 Å². The topological polar surface area (TPSA) is 12.9 Å². The van der Waals surface area contributed by atoms with Crippen LogP contribution in [0.1, 0.15) is 70.3 Å². The van der Waals surface area contributed by atoms with Crippen molar-refractivity contribution in [2.45, 2.75) is 71.1 Å². The molecule has 1 fully saturated rings. The molecule has 112 valence electrons. The van der Waals surface area contributed by atoms with Gasteiger partial charge in [-0.2, -0.15) is 4.39 Å². The van der Waals surface area contributed by atoms with E-state index in [1.807, 2.05) is 6.07 Å². The van der Waals surface area contributed by atoms with Crippen molar-refractivity contribution in [1.29, 1.82) is 0 Å². The number of hydrogen-bond acceptors (Lipinski definition) is 1. The van der Waals surface area contributed by atoms with Gasteiger partial charge in [0.05, 0.1) is 0 Å². The van der Waals surface area contributed by atoms with Gasteiger partial charge in [0.1, 0.15) is 0 Å². The fraction of sp³-hybridized carbons (Fsp3) is 0.722. The van der Waals surface area contributed by atoms with Gasteiger partial charge in [0.25, 0.3) is 0 Å². The van der Waals surface area contributed by atoms with E-state index in [4.69, 9.17) is 0 Å². The van der Waals surface area contributed by atoms with E-state index in [0.29, 0.717) is 0 Å². The maximum Gasteiger partial charge on any atom is 0.212 e. The Morgan fingerprint density at radius 2 is 1.75 bits per heavy atom. The molecule has 0 N–H and O–H groups in total. The van der Waals surface area contributed by atoms with Crippen LogP contribution in [-0.4, -0.2) is 4.98 Å². The van der Waals surface area contributed by atoms with E-state index in [-0.39, 0.29) is 5.95 Å². The second kappa shape index (κ2) is 8.39. The van der Waals surface area contributed by atoms with Gasteiger partial charge in [-0.1, -0.05) is 64.4 Å². The minimum Gasteiger partial charge on any atom is -0.228 e. The molecule has 2 heteroatoms. The molecule has 0 aromatic carbocycles. The number of rotatable bonds is 7. The van der Waals surface area contributed by atoms with Crippen LogP contribution in [0.15, 0.2) is 18.3 Å². The number of halogens is 1. The minimum absolute atomic E-state index is 0.374. The first-order valence-corrected chi connectivity index (χ1v) is 8.38. The van der Waals surface area contributed by atoms with Crippen LogP contribution in [0.2, 0.25) is 0 Å². The summed E-state index contributed by atoms with van der Waals surface area (Å²) in [6, 6.07) is 3.35. The Morgan fingerprint density at radius 3 is 2.35 bits per heavy atom. The summed E-state index contributed by atoms with van der Waals surface area (Å²) in [5, 5.41) is 0. The average Bonchev–Trinajstić information content (AvgIpc) is 2.48. The van der Waals surface area contributed by atoms with Crippen LogP contribution in [0, 0.1) is 17.8 Å². The lowest BCUT2D eigenvalue weighted by molar-refractivity contribution is 0.249. The molecule has 1 aliphatic carbocycles. The highest BCUT2D eigenvalue weighted by Crippen LogP contribution is 2.34. The molecule has 1 aliphatic rings. The number of unbranched alkanes of at least 4 members (excludes halogenated alkanes) is 2. The molecule has 1 aromatic heterocycles. The summed E-state index contributed by atoms with van der Waals surface area (Å²) in [7, 11) is 0. The molecular formula is C18H28FN. The third-order valence-electron chi connectivity index (χ3n) is 4.81.